The number of phenolic OH excluding ortho intramolecular Hbond substituents is 3. The molecule has 2 aromatic carbocycles. The number of hydrogen-bond acceptors (Lipinski definition) is 10. The fraction of sp³-hybridized carbons (Fsp3) is 0.364. The molecule has 0 aromatic heterocycles. The van der Waals surface area contributed by atoms with E-state index in [-0.39, 0.29) is 40.1 Å². The first-order chi connectivity index (χ1) is 15.7. The van der Waals surface area contributed by atoms with E-state index in [1.54, 1.807) is 6.07 Å². The van der Waals surface area contributed by atoms with Gasteiger partial charge in [-0.3, -0.25) is 0 Å². The summed E-state index contributed by atoms with van der Waals surface area (Å²) in [5.41, 5.74) is 0.725. The van der Waals surface area contributed by atoms with Crippen molar-refractivity contribution in [3.8, 4) is 28.7 Å². The first kappa shape index (κ1) is 23.0. The Balaban J connectivity index is 1.75. The van der Waals surface area contributed by atoms with Crippen molar-refractivity contribution in [2.24, 2.45) is 0 Å². The molecule has 6 atom stereocenters. The molecule has 11 heteroatoms. The fourth-order valence-corrected chi connectivity index (χ4v) is 3.79. The average molecular weight is 465 g/mol. The van der Waals surface area contributed by atoms with Crippen molar-refractivity contribution in [1.82, 2.24) is 0 Å². The summed E-state index contributed by atoms with van der Waals surface area (Å²) in [6, 6.07) is 6.94. The van der Waals surface area contributed by atoms with Gasteiger partial charge in [0.25, 0.3) is 11.9 Å². The summed E-state index contributed by atoms with van der Waals surface area (Å²) in [4.78, 5) is 0. The highest BCUT2D eigenvalue weighted by Crippen LogP contribution is 2.46. The van der Waals surface area contributed by atoms with Crippen LogP contribution in [0.3, 0.4) is 0 Å². The molecule has 4 rings (SSSR count). The van der Waals surface area contributed by atoms with E-state index in [2.05, 4.69) is 4.74 Å². The monoisotopic (exact) mass is 465 g/mol. The fourth-order valence-electron chi connectivity index (χ4n) is 3.79. The molecule has 33 heavy (non-hydrogen) atoms. The molecule has 0 radical (unpaired) electrons. The zero-order valence-electron chi connectivity index (χ0n) is 17.4. The van der Waals surface area contributed by atoms with Crippen LogP contribution in [0.25, 0.3) is 6.08 Å². The van der Waals surface area contributed by atoms with Crippen molar-refractivity contribution >= 4 is 6.08 Å². The maximum absolute atomic E-state index is 10.4. The predicted molar refractivity (Wildman–Crippen MR) is 112 cm³/mol. The van der Waals surface area contributed by atoms with Crippen molar-refractivity contribution in [3.63, 3.8) is 0 Å². The summed E-state index contributed by atoms with van der Waals surface area (Å²) in [5.74, 6) is -0.0760. The molecule has 2 heterocycles. The molecule has 178 valence electrons. The number of benzene rings is 2. The summed E-state index contributed by atoms with van der Waals surface area (Å²) >= 11 is 0. The molecule has 1 unspecified atom stereocenters. The Kier molecular flexibility index (Phi) is 6.23. The normalized spacial score (nSPS) is 28.9. The molecule has 2 aliphatic rings. The molecular formula is C22H25O11+. The Bertz CT molecular complexity index is 1050. The van der Waals surface area contributed by atoms with Crippen molar-refractivity contribution < 1.29 is 54.7 Å². The van der Waals surface area contributed by atoms with E-state index in [1.165, 1.54) is 31.4 Å². The third kappa shape index (κ3) is 4.24. The summed E-state index contributed by atoms with van der Waals surface area (Å²) in [7, 11) is 1.38. The van der Waals surface area contributed by atoms with Crippen LogP contribution < -0.4 is 4.74 Å². The second-order valence-electron chi connectivity index (χ2n) is 7.72. The first-order valence-corrected chi connectivity index (χ1v) is 10.1. The summed E-state index contributed by atoms with van der Waals surface area (Å²) in [6.07, 6.45) is -6.98. The second-order valence-corrected chi connectivity index (χ2v) is 7.72. The number of methoxy groups -OCH3 is 1. The largest absolute Gasteiger partial charge is 0.571 e. The van der Waals surface area contributed by atoms with Crippen LogP contribution in [0.4, 0.5) is 0 Å². The van der Waals surface area contributed by atoms with Gasteiger partial charge in [0.15, 0.2) is 17.3 Å². The molecule has 0 amide bonds. The Morgan fingerprint density at radius 2 is 1.73 bits per heavy atom. The molecule has 2 aromatic rings. The van der Waals surface area contributed by atoms with E-state index in [9.17, 15) is 35.7 Å². The van der Waals surface area contributed by atoms with E-state index in [0.29, 0.717) is 5.56 Å². The predicted octanol–water partition coefficient (Wildman–Crippen LogP) is -0.0344. The molecule has 8 N–H and O–H groups in total. The highest BCUT2D eigenvalue weighted by atomic mass is 16.7. The zero-order valence-corrected chi connectivity index (χ0v) is 17.4. The lowest BCUT2D eigenvalue weighted by Gasteiger charge is -2.40. The lowest BCUT2D eigenvalue weighted by molar-refractivity contribution is -0.295. The minimum atomic E-state index is -1.66. The smallest absolute Gasteiger partial charge is 0.270 e. The molecule has 0 saturated carbocycles. The third-order valence-electron chi connectivity index (χ3n) is 5.57. The van der Waals surface area contributed by atoms with Gasteiger partial charge in [0.05, 0.1) is 25.3 Å². The number of ether oxygens (including phenoxy) is 4. The summed E-state index contributed by atoms with van der Waals surface area (Å²) < 4.78 is 21.0. The van der Waals surface area contributed by atoms with Gasteiger partial charge in [0.1, 0.15) is 41.5 Å². The number of aliphatic hydroxyl groups excluding tert-OH is 4. The maximum Gasteiger partial charge on any atom is 0.270 e. The standard InChI is InChI=1S/C22H24O11/c1-30-15-4-9(2-3-12(15)25)21-16(7-11-13(26)5-10(24)6-14(11)31-21)32-22-20(29)19(28)18(27)17(8-23)33-22/h2-7,17-29H,8H2,1H3/p+1/t17-,18-,19-,20-,21?,22-/m1/s1. The molecule has 2 aliphatic heterocycles. The third-order valence-corrected chi connectivity index (χ3v) is 5.57. The van der Waals surface area contributed by atoms with Gasteiger partial charge in [0, 0.05) is 12.1 Å². The van der Waals surface area contributed by atoms with Crippen molar-refractivity contribution in [2.75, 3.05) is 13.7 Å². The van der Waals surface area contributed by atoms with Crippen molar-refractivity contribution in [3.05, 3.63) is 47.2 Å². The highest BCUT2D eigenvalue weighted by Gasteiger charge is 2.46. The van der Waals surface area contributed by atoms with Gasteiger partial charge < -0.3 is 54.7 Å². The van der Waals surface area contributed by atoms with Crippen molar-refractivity contribution in [1.29, 1.82) is 0 Å². The first-order valence-electron chi connectivity index (χ1n) is 10.1. The molecule has 1 fully saturated rings. The van der Waals surface area contributed by atoms with Crippen LogP contribution in [0.15, 0.2) is 36.1 Å². The minimum absolute atomic E-state index is 0.0839. The summed E-state index contributed by atoms with van der Waals surface area (Å²) in [6.45, 7) is -0.629. The van der Waals surface area contributed by atoms with Crippen LogP contribution in [0.5, 0.6) is 28.7 Å². The molecule has 1 saturated heterocycles. The number of hydrogen-bond donors (Lipinski definition) is 7. The zero-order chi connectivity index (χ0) is 23.9. The van der Waals surface area contributed by atoms with E-state index in [0.717, 1.165) is 6.07 Å². The van der Waals surface area contributed by atoms with Gasteiger partial charge in [-0.15, -0.1) is 0 Å². The number of fused-ring (bicyclic) bond motifs is 1. The van der Waals surface area contributed by atoms with Gasteiger partial charge in [-0.05, 0) is 18.2 Å². The summed E-state index contributed by atoms with van der Waals surface area (Å²) in [5, 5.41) is 70.0. The SMILES string of the molecule is COc1cc(C2[OH+]c3cc(O)cc(O)c3C=C2O[C@@H]2O[C@H](CO)[C@@H](O)[C@@H](O)[C@H]2O)ccc1O. The Morgan fingerprint density at radius 1 is 0.970 bits per heavy atom. The van der Waals surface area contributed by atoms with Gasteiger partial charge >= 0.3 is 0 Å². The van der Waals surface area contributed by atoms with Gasteiger partial charge in [-0.2, -0.15) is 0 Å². The minimum Gasteiger partial charge on any atom is -0.571 e. The Morgan fingerprint density at radius 3 is 2.42 bits per heavy atom. The average Bonchev–Trinajstić information content (AvgIpc) is 2.79. The number of phenols is 3. The van der Waals surface area contributed by atoms with Crippen molar-refractivity contribution in [2.45, 2.75) is 36.8 Å². The van der Waals surface area contributed by atoms with Gasteiger partial charge in [-0.25, -0.2) is 0 Å². The van der Waals surface area contributed by atoms with Crippen LogP contribution >= 0.6 is 0 Å². The number of rotatable bonds is 5. The molecular weight excluding hydrogens is 440 g/mol. The van der Waals surface area contributed by atoms with Gasteiger partial charge in [0.2, 0.25) is 6.29 Å². The Hall–Kier alpha value is -3.22. The highest BCUT2D eigenvalue weighted by molar-refractivity contribution is 5.69. The van der Waals surface area contributed by atoms with Crippen LogP contribution in [0.1, 0.15) is 17.2 Å². The van der Waals surface area contributed by atoms with Crippen LogP contribution in [0, 0.1) is 0 Å². The van der Waals surface area contributed by atoms with Gasteiger partial charge in [-0.1, -0.05) is 0 Å². The molecule has 0 bridgehead atoms. The lowest BCUT2D eigenvalue weighted by atomic mass is 9.98. The Labute approximate surface area is 187 Å². The maximum atomic E-state index is 10.4. The number of aliphatic hydroxyl groups is 5. The topological polar surface area (TPSA) is 182 Å². The van der Waals surface area contributed by atoms with Crippen LogP contribution in [-0.2, 0) is 9.47 Å². The van der Waals surface area contributed by atoms with E-state index in [4.69, 9.17) is 14.2 Å². The van der Waals surface area contributed by atoms with E-state index in [1.807, 2.05) is 0 Å². The molecule has 0 aliphatic carbocycles. The molecule has 11 nitrogen and oxygen atoms in total. The second kappa shape index (κ2) is 8.96. The quantitative estimate of drug-likeness (QED) is 0.296. The molecule has 0 spiro atoms. The number of aromatic hydroxyl groups is 4. The van der Waals surface area contributed by atoms with Crippen LogP contribution in [0.2, 0.25) is 0 Å². The lowest BCUT2D eigenvalue weighted by Crippen LogP contribution is -2.59. The van der Waals surface area contributed by atoms with Crippen LogP contribution in [-0.4, -0.2) is 84.9 Å². The van der Waals surface area contributed by atoms with E-state index < -0.39 is 43.4 Å². The van der Waals surface area contributed by atoms with E-state index >= 15 is 0 Å².